The molecule has 1 unspecified atom stereocenters. The molecule has 0 N–H and O–H groups in total. The van der Waals surface area contributed by atoms with Crippen molar-refractivity contribution < 1.29 is 9.53 Å². The fraction of sp³-hybridized carbons (Fsp3) is 0.462. The van der Waals surface area contributed by atoms with E-state index in [1.165, 1.54) is 3.57 Å². The number of hydrogen-bond acceptors (Lipinski definition) is 3. The summed E-state index contributed by atoms with van der Waals surface area (Å²) in [5.41, 5.74) is 1.08. The number of rotatable bonds is 3. The zero-order chi connectivity index (χ0) is 12.3. The topological polar surface area (TPSA) is 29.5 Å². The van der Waals surface area contributed by atoms with Crippen LogP contribution in [0, 0.1) is 3.57 Å². The molecule has 1 heterocycles. The monoisotopic (exact) mass is 381 g/mol. The van der Waals surface area contributed by atoms with Crippen LogP contribution in [-0.4, -0.2) is 37.0 Å². The molecular weight excluding hydrogens is 365 g/mol. The number of nitrogens with zero attached hydrogens (tertiary/aromatic N) is 1. The highest BCUT2D eigenvalue weighted by Crippen LogP contribution is 2.23. The van der Waals surface area contributed by atoms with Crippen LogP contribution in [0.25, 0.3) is 0 Å². The summed E-state index contributed by atoms with van der Waals surface area (Å²) in [4.78, 5) is 14.0. The van der Waals surface area contributed by atoms with Gasteiger partial charge in [0.2, 0.25) is 0 Å². The van der Waals surface area contributed by atoms with E-state index in [0.29, 0.717) is 13.2 Å². The lowest BCUT2D eigenvalue weighted by atomic mass is 10.0. The Morgan fingerprint density at radius 3 is 2.33 bits per heavy atom. The van der Waals surface area contributed by atoms with Crippen molar-refractivity contribution >= 4 is 40.8 Å². The second-order valence-corrected chi connectivity index (χ2v) is 5.46. The van der Waals surface area contributed by atoms with Crippen LogP contribution in [0.3, 0.4) is 0 Å². The Hall–Kier alpha value is -0.170. The van der Waals surface area contributed by atoms with E-state index >= 15 is 0 Å². The van der Waals surface area contributed by atoms with Gasteiger partial charge in [-0.05, 0) is 47.2 Å². The lowest BCUT2D eigenvalue weighted by molar-refractivity contribution is -0.124. The van der Waals surface area contributed by atoms with Gasteiger partial charge in [0.1, 0.15) is 0 Å². The second-order valence-electron chi connectivity index (χ2n) is 4.21. The zero-order valence-corrected chi connectivity index (χ0v) is 13.2. The van der Waals surface area contributed by atoms with E-state index < -0.39 is 0 Å². The van der Waals surface area contributed by atoms with Gasteiger partial charge < -0.3 is 4.74 Å². The van der Waals surface area contributed by atoms with Crippen molar-refractivity contribution in [3.63, 3.8) is 0 Å². The molecule has 2 rings (SSSR count). The van der Waals surface area contributed by atoms with Gasteiger partial charge in [-0.1, -0.05) is 12.1 Å². The fourth-order valence-corrected chi connectivity index (χ4v) is 2.54. The lowest BCUT2D eigenvalue weighted by Crippen LogP contribution is -2.41. The van der Waals surface area contributed by atoms with Crippen LogP contribution in [0.15, 0.2) is 24.3 Å². The van der Waals surface area contributed by atoms with E-state index in [-0.39, 0.29) is 24.2 Å². The summed E-state index contributed by atoms with van der Waals surface area (Å²) in [5.74, 6) is 0.202. The molecule has 0 amide bonds. The SMILES string of the molecule is CC(=O)C(c1ccc(I)cc1)N1CCOCC1.Cl. The minimum absolute atomic E-state index is 0. The third-order valence-corrected chi connectivity index (χ3v) is 3.70. The molecule has 0 radical (unpaired) electrons. The Labute approximate surface area is 127 Å². The molecule has 5 heteroatoms. The van der Waals surface area contributed by atoms with Crippen LogP contribution in [-0.2, 0) is 9.53 Å². The van der Waals surface area contributed by atoms with Crippen molar-refractivity contribution in [2.75, 3.05) is 26.3 Å². The van der Waals surface area contributed by atoms with Crippen molar-refractivity contribution in [2.24, 2.45) is 0 Å². The van der Waals surface area contributed by atoms with Crippen molar-refractivity contribution in [3.05, 3.63) is 33.4 Å². The Morgan fingerprint density at radius 1 is 1.28 bits per heavy atom. The van der Waals surface area contributed by atoms with Crippen molar-refractivity contribution in [1.82, 2.24) is 4.90 Å². The van der Waals surface area contributed by atoms with E-state index in [9.17, 15) is 4.79 Å². The van der Waals surface area contributed by atoms with Gasteiger partial charge >= 0.3 is 0 Å². The first-order chi connectivity index (χ1) is 8.18. The maximum absolute atomic E-state index is 11.8. The smallest absolute Gasteiger partial charge is 0.151 e. The largest absolute Gasteiger partial charge is 0.379 e. The maximum atomic E-state index is 11.8. The number of hydrogen-bond donors (Lipinski definition) is 0. The molecule has 18 heavy (non-hydrogen) atoms. The molecule has 0 saturated carbocycles. The number of halogens is 2. The average Bonchev–Trinajstić information content (AvgIpc) is 2.33. The van der Waals surface area contributed by atoms with Gasteiger partial charge in [0.25, 0.3) is 0 Å². The molecule has 3 nitrogen and oxygen atoms in total. The molecule has 0 spiro atoms. The van der Waals surface area contributed by atoms with Gasteiger partial charge in [-0.3, -0.25) is 9.69 Å². The predicted molar refractivity (Wildman–Crippen MR) is 82.2 cm³/mol. The minimum atomic E-state index is -0.115. The van der Waals surface area contributed by atoms with Gasteiger partial charge in [-0.25, -0.2) is 0 Å². The first kappa shape index (κ1) is 15.9. The number of morpholine rings is 1. The van der Waals surface area contributed by atoms with Gasteiger partial charge in [-0.2, -0.15) is 0 Å². The van der Waals surface area contributed by atoms with E-state index in [2.05, 4.69) is 27.5 Å². The molecule has 0 aliphatic carbocycles. The summed E-state index contributed by atoms with van der Waals surface area (Å²) >= 11 is 2.27. The summed E-state index contributed by atoms with van der Waals surface area (Å²) < 4.78 is 6.52. The Morgan fingerprint density at radius 2 is 1.83 bits per heavy atom. The van der Waals surface area contributed by atoms with E-state index in [4.69, 9.17) is 4.74 Å². The molecule has 100 valence electrons. The minimum Gasteiger partial charge on any atom is -0.379 e. The molecule has 1 fully saturated rings. The first-order valence-electron chi connectivity index (χ1n) is 5.76. The zero-order valence-electron chi connectivity index (χ0n) is 10.3. The molecule has 1 aromatic carbocycles. The Bertz CT molecular complexity index is 390. The summed E-state index contributed by atoms with van der Waals surface area (Å²) in [6.45, 7) is 4.76. The van der Waals surface area contributed by atoms with Crippen LogP contribution in [0.2, 0.25) is 0 Å². The molecule has 1 aliphatic rings. The number of carbonyl (C=O) groups is 1. The maximum Gasteiger partial charge on any atom is 0.151 e. The van der Waals surface area contributed by atoms with Crippen molar-refractivity contribution in [2.45, 2.75) is 13.0 Å². The van der Waals surface area contributed by atoms with Gasteiger partial charge in [-0.15, -0.1) is 12.4 Å². The standard InChI is InChI=1S/C13H16INO2.ClH/c1-10(16)13(15-6-8-17-9-7-15)11-2-4-12(14)5-3-11;/h2-5,13H,6-9H2,1H3;1H. The first-order valence-corrected chi connectivity index (χ1v) is 6.84. The van der Waals surface area contributed by atoms with Gasteiger partial charge in [0, 0.05) is 16.7 Å². The lowest BCUT2D eigenvalue weighted by Gasteiger charge is -2.33. The molecule has 1 saturated heterocycles. The summed E-state index contributed by atoms with van der Waals surface area (Å²) in [7, 11) is 0. The number of carbonyl (C=O) groups excluding carboxylic acids is 1. The van der Waals surface area contributed by atoms with E-state index in [1.54, 1.807) is 6.92 Å². The predicted octanol–water partition coefficient (Wildman–Crippen LogP) is 2.68. The molecule has 0 bridgehead atoms. The second kappa shape index (κ2) is 7.43. The van der Waals surface area contributed by atoms with Crippen LogP contribution in [0.4, 0.5) is 0 Å². The number of benzene rings is 1. The van der Waals surface area contributed by atoms with Gasteiger partial charge in [0.15, 0.2) is 5.78 Å². The quantitative estimate of drug-likeness (QED) is 0.754. The number of ketones is 1. The molecular formula is C13H17ClINO2. The normalized spacial score (nSPS) is 17.9. The van der Waals surface area contributed by atoms with Gasteiger partial charge in [0.05, 0.1) is 19.3 Å². The number of Topliss-reactive ketones (excluding diaryl/α,β-unsaturated/α-hetero) is 1. The van der Waals surface area contributed by atoms with E-state index in [1.807, 2.05) is 24.3 Å². The molecule has 1 aromatic rings. The molecule has 1 aliphatic heterocycles. The number of ether oxygens (including phenoxy) is 1. The summed E-state index contributed by atoms with van der Waals surface area (Å²) in [6.07, 6.45) is 0. The van der Waals surface area contributed by atoms with Crippen molar-refractivity contribution in [3.8, 4) is 0 Å². The van der Waals surface area contributed by atoms with Crippen LogP contribution in [0.5, 0.6) is 0 Å². The third-order valence-electron chi connectivity index (χ3n) is 2.98. The highest BCUT2D eigenvalue weighted by molar-refractivity contribution is 14.1. The fourth-order valence-electron chi connectivity index (χ4n) is 2.18. The van der Waals surface area contributed by atoms with E-state index in [0.717, 1.165) is 18.7 Å². The highest BCUT2D eigenvalue weighted by Gasteiger charge is 2.25. The highest BCUT2D eigenvalue weighted by atomic mass is 127. The Kier molecular flexibility index (Phi) is 6.55. The molecule has 1 atom stereocenters. The van der Waals surface area contributed by atoms with Crippen LogP contribution >= 0.6 is 35.0 Å². The summed E-state index contributed by atoms with van der Waals surface area (Å²) in [5, 5.41) is 0. The van der Waals surface area contributed by atoms with Crippen molar-refractivity contribution in [1.29, 1.82) is 0 Å². The summed E-state index contributed by atoms with van der Waals surface area (Å²) in [6, 6.07) is 8.07. The van der Waals surface area contributed by atoms with Crippen LogP contribution in [0.1, 0.15) is 18.5 Å². The average molecular weight is 382 g/mol. The Balaban J connectivity index is 0.00000162. The third kappa shape index (κ3) is 3.91. The van der Waals surface area contributed by atoms with Crippen LogP contribution < -0.4 is 0 Å². The molecule has 0 aromatic heterocycles.